The van der Waals surface area contributed by atoms with Gasteiger partial charge >= 0.3 is 5.97 Å². The maximum Gasteiger partial charge on any atom is 0.319 e. The number of hydrogen-bond donors (Lipinski definition) is 0. The molecule has 0 bridgehead atoms. The van der Waals surface area contributed by atoms with Crippen LogP contribution in [0, 0.1) is 0 Å². The van der Waals surface area contributed by atoms with E-state index in [0.717, 1.165) is 11.9 Å². The van der Waals surface area contributed by atoms with Crippen molar-refractivity contribution in [2.75, 3.05) is 6.61 Å². The molecule has 1 unspecified atom stereocenters. The van der Waals surface area contributed by atoms with Crippen LogP contribution in [0.5, 0.6) is 0 Å². The Hall–Kier alpha value is -2.35. The van der Waals surface area contributed by atoms with Gasteiger partial charge in [0, 0.05) is 13.0 Å². The average Bonchev–Trinajstić information content (AvgIpc) is 3.19. The molecule has 0 N–H and O–H groups in total. The van der Waals surface area contributed by atoms with Gasteiger partial charge in [0.1, 0.15) is 5.25 Å². The molecule has 0 spiro atoms. The number of cyclic esters (lactones) is 1. The highest BCUT2D eigenvalue weighted by Crippen LogP contribution is 2.29. The molecule has 3 aromatic rings. The molecule has 1 saturated heterocycles. The Bertz CT molecular complexity index is 994. The molecule has 1 fully saturated rings. The van der Waals surface area contributed by atoms with Gasteiger partial charge in [-0.3, -0.25) is 18.6 Å². The number of carbonyl (C=O) groups excluding carboxylic acids is 1. The molecule has 0 amide bonds. The van der Waals surface area contributed by atoms with Crippen LogP contribution in [0.4, 0.5) is 0 Å². The molecule has 1 aliphatic heterocycles. The number of aromatic nitrogens is 4. The lowest BCUT2D eigenvalue weighted by molar-refractivity contribution is -0.137. The van der Waals surface area contributed by atoms with E-state index >= 15 is 0 Å². The Labute approximate surface area is 141 Å². The molecule has 124 valence electrons. The minimum Gasteiger partial charge on any atom is -0.465 e. The Morgan fingerprint density at radius 2 is 2.12 bits per heavy atom. The molecule has 1 aliphatic rings. The van der Waals surface area contributed by atoms with E-state index in [-0.39, 0.29) is 16.8 Å². The highest BCUT2D eigenvalue weighted by atomic mass is 32.2. The number of benzene rings is 1. The second-order valence-corrected chi connectivity index (χ2v) is 6.82. The van der Waals surface area contributed by atoms with Gasteiger partial charge in [-0.25, -0.2) is 0 Å². The van der Waals surface area contributed by atoms with E-state index in [4.69, 9.17) is 4.74 Å². The number of esters is 1. The van der Waals surface area contributed by atoms with Gasteiger partial charge in [0.15, 0.2) is 5.16 Å². The smallest absolute Gasteiger partial charge is 0.319 e. The fourth-order valence-electron chi connectivity index (χ4n) is 2.95. The summed E-state index contributed by atoms with van der Waals surface area (Å²) in [5.74, 6) is 0.289. The van der Waals surface area contributed by atoms with Crippen molar-refractivity contribution in [3.8, 4) is 0 Å². The van der Waals surface area contributed by atoms with Crippen LogP contribution in [-0.2, 0) is 16.1 Å². The van der Waals surface area contributed by atoms with Crippen molar-refractivity contribution in [2.24, 2.45) is 0 Å². The molecule has 1 atom stereocenters. The van der Waals surface area contributed by atoms with E-state index in [0.29, 0.717) is 35.9 Å². The van der Waals surface area contributed by atoms with E-state index in [9.17, 15) is 9.59 Å². The topological polar surface area (TPSA) is 78.5 Å². The van der Waals surface area contributed by atoms with E-state index in [1.165, 1.54) is 11.8 Å². The average molecular weight is 344 g/mol. The minimum atomic E-state index is -0.275. The third-order valence-corrected chi connectivity index (χ3v) is 5.25. The van der Waals surface area contributed by atoms with Crippen LogP contribution in [0.1, 0.15) is 19.8 Å². The van der Waals surface area contributed by atoms with Crippen LogP contribution in [0.25, 0.3) is 16.7 Å². The Balaban J connectivity index is 1.96. The Morgan fingerprint density at radius 3 is 2.88 bits per heavy atom. The van der Waals surface area contributed by atoms with Crippen LogP contribution >= 0.6 is 11.8 Å². The molecule has 0 saturated carbocycles. The summed E-state index contributed by atoms with van der Waals surface area (Å²) >= 11 is 1.34. The molecular weight excluding hydrogens is 328 g/mol. The first kappa shape index (κ1) is 15.2. The van der Waals surface area contributed by atoms with Gasteiger partial charge in [-0.15, -0.1) is 10.2 Å². The zero-order valence-corrected chi connectivity index (χ0v) is 14.0. The first-order valence-corrected chi connectivity index (χ1v) is 8.78. The van der Waals surface area contributed by atoms with E-state index < -0.39 is 0 Å². The van der Waals surface area contributed by atoms with Crippen molar-refractivity contribution >= 4 is 34.4 Å². The van der Waals surface area contributed by atoms with Gasteiger partial charge in [0.25, 0.3) is 5.56 Å². The summed E-state index contributed by atoms with van der Waals surface area (Å²) < 4.78 is 8.53. The van der Waals surface area contributed by atoms with E-state index in [1.807, 2.05) is 35.6 Å². The van der Waals surface area contributed by atoms with E-state index in [1.54, 1.807) is 4.57 Å². The summed E-state index contributed by atoms with van der Waals surface area (Å²) in [7, 11) is 0. The van der Waals surface area contributed by atoms with Gasteiger partial charge in [-0.1, -0.05) is 30.8 Å². The normalized spacial score (nSPS) is 17.7. The number of thioether (sulfide) groups is 1. The van der Waals surface area contributed by atoms with E-state index in [2.05, 4.69) is 10.2 Å². The van der Waals surface area contributed by atoms with Crippen molar-refractivity contribution in [2.45, 2.75) is 36.7 Å². The van der Waals surface area contributed by atoms with Crippen molar-refractivity contribution in [1.29, 1.82) is 0 Å². The van der Waals surface area contributed by atoms with Crippen molar-refractivity contribution in [3.05, 3.63) is 34.6 Å². The van der Waals surface area contributed by atoms with Crippen molar-refractivity contribution < 1.29 is 9.53 Å². The number of nitrogens with zero attached hydrogens (tertiary/aromatic N) is 4. The zero-order chi connectivity index (χ0) is 16.7. The van der Waals surface area contributed by atoms with Gasteiger partial charge in [-0.2, -0.15) is 0 Å². The predicted octanol–water partition coefficient (Wildman–Crippen LogP) is 1.86. The van der Waals surface area contributed by atoms with Crippen LogP contribution < -0.4 is 5.56 Å². The fourth-order valence-corrected chi connectivity index (χ4v) is 3.95. The highest BCUT2D eigenvalue weighted by molar-refractivity contribution is 8.00. The Kier molecular flexibility index (Phi) is 3.76. The number of hydrogen-bond acceptors (Lipinski definition) is 6. The standard InChI is InChI=1S/C16H16N4O3S/c1-2-8-19-13(21)10-5-3-4-6-11(10)20-15(19)17-18-16(20)24-12-7-9-23-14(12)22/h3-6,12H,2,7-9H2,1H3. The lowest BCUT2D eigenvalue weighted by atomic mass is 10.2. The highest BCUT2D eigenvalue weighted by Gasteiger charge is 2.30. The van der Waals surface area contributed by atoms with Gasteiger partial charge in [0.2, 0.25) is 5.78 Å². The molecule has 0 aliphatic carbocycles. The number of ether oxygens (including phenoxy) is 1. The molecule has 24 heavy (non-hydrogen) atoms. The maximum absolute atomic E-state index is 12.7. The second kappa shape index (κ2) is 5.94. The minimum absolute atomic E-state index is 0.0656. The SMILES string of the molecule is CCCn1c(=O)c2ccccc2n2c(SC3CCOC3=O)nnc12. The largest absolute Gasteiger partial charge is 0.465 e. The second-order valence-electron chi connectivity index (χ2n) is 5.65. The first-order valence-electron chi connectivity index (χ1n) is 7.90. The van der Waals surface area contributed by atoms with Crippen molar-refractivity contribution in [3.63, 3.8) is 0 Å². The summed E-state index contributed by atoms with van der Waals surface area (Å²) in [6, 6.07) is 7.41. The molecule has 2 aromatic heterocycles. The Morgan fingerprint density at radius 1 is 1.29 bits per heavy atom. The van der Waals surface area contributed by atoms with Gasteiger partial charge < -0.3 is 4.74 Å². The summed E-state index contributed by atoms with van der Waals surface area (Å²) in [4.78, 5) is 24.5. The first-order chi connectivity index (χ1) is 11.7. The van der Waals surface area contributed by atoms with Crippen LogP contribution in [0.15, 0.2) is 34.2 Å². The quantitative estimate of drug-likeness (QED) is 0.672. The monoisotopic (exact) mass is 344 g/mol. The van der Waals surface area contributed by atoms with Crippen molar-refractivity contribution in [1.82, 2.24) is 19.2 Å². The molecule has 8 heteroatoms. The van der Waals surface area contributed by atoms with Crippen LogP contribution in [0.2, 0.25) is 0 Å². The summed E-state index contributed by atoms with van der Waals surface area (Å²) in [5.41, 5.74) is 0.688. The third kappa shape index (κ3) is 2.29. The van der Waals surface area contributed by atoms with Gasteiger partial charge in [-0.05, 0) is 18.6 Å². The number of para-hydroxylation sites is 1. The van der Waals surface area contributed by atoms with Crippen LogP contribution in [-0.4, -0.2) is 37.0 Å². The molecule has 4 rings (SSSR count). The summed E-state index contributed by atoms with van der Waals surface area (Å²) in [6.45, 7) is 3.02. The maximum atomic E-state index is 12.7. The van der Waals surface area contributed by atoms with Gasteiger partial charge in [0.05, 0.1) is 17.5 Å². The number of aryl methyl sites for hydroxylation is 1. The lowest BCUT2D eigenvalue weighted by Gasteiger charge is -2.11. The number of fused-ring (bicyclic) bond motifs is 3. The molecule has 0 radical (unpaired) electrons. The third-order valence-electron chi connectivity index (χ3n) is 4.06. The number of carbonyl (C=O) groups is 1. The molecule has 7 nitrogen and oxygen atoms in total. The molecular formula is C16H16N4O3S. The zero-order valence-electron chi connectivity index (χ0n) is 13.1. The summed E-state index contributed by atoms with van der Waals surface area (Å²) in [5, 5.41) is 9.40. The molecule has 3 heterocycles. The fraction of sp³-hybridized carbons (Fsp3) is 0.375. The van der Waals surface area contributed by atoms with Crippen LogP contribution in [0.3, 0.4) is 0 Å². The lowest BCUT2D eigenvalue weighted by Crippen LogP contribution is -2.23. The summed E-state index contributed by atoms with van der Waals surface area (Å²) in [6.07, 6.45) is 1.48. The predicted molar refractivity (Wildman–Crippen MR) is 90.3 cm³/mol. The number of rotatable bonds is 4. The molecule has 1 aromatic carbocycles.